The second kappa shape index (κ2) is 21.2. The van der Waals surface area contributed by atoms with Crippen molar-refractivity contribution in [3.8, 4) is 39.3 Å². The Kier molecular flexibility index (Phi) is 12.4. The van der Waals surface area contributed by atoms with Gasteiger partial charge in [-0.3, -0.25) is 0 Å². The van der Waals surface area contributed by atoms with E-state index in [2.05, 4.69) is 272 Å². The quantitative estimate of drug-likeness (QED) is 0.102. The smallest absolute Gasteiger partial charge is 0.160 e. The zero-order chi connectivity index (χ0) is 61.3. The van der Waals surface area contributed by atoms with Crippen LogP contribution in [0.4, 0.5) is 0 Å². The maximum absolute atomic E-state index is 5.30. The van der Waals surface area contributed by atoms with Crippen molar-refractivity contribution < 1.29 is 0 Å². The molecule has 5 nitrogen and oxygen atoms in total. The van der Waals surface area contributed by atoms with Crippen LogP contribution >= 0.6 is 22.7 Å². The molecule has 5 aromatic heterocycles. The molecule has 0 unspecified atom stereocenters. The second-order valence-corrected chi connectivity index (χ2v) is 26.5. The van der Waals surface area contributed by atoms with Gasteiger partial charge in [-0.15, -0.1) is 22.7 Å². The highest BCUT2D eigenvalue weighted by Gasteiger charge is 2.22. The van der Waals surface area contributed by atoms with Crippen LogP contribution in [0.3, 0.4) is 0 Å². The maximum atomic E-state index is 5.30. The van der Waals surface area contributed by atoms with Gasteiger partial charge in [-0.2, -0.15) is 0 Å². The summed E-state index contributed by atoms with van der Waals surface area (Å²) in [6.07, 6.45) is 0. The Morgan fingerprint density at radius 1 is 0.304 bits per heavy atom. The number of aromatic nitrogens is 3. The molecule has 0 N–H and O–H groups in total. The molecule has 13 aromatic carbocycles. The molecule has 18 rings (SSSR count). The predicted molar refractivity (Wildman–Crippen MR) is 396 cm³/mol. The number of para-hydroxylation sites is 4. The van der Waals surface area contributed by atoms with Gasteiger partial charge in [-0.25, -0.2) is 9.98 Å². The molecule has 0 saturated carbocycles. The number of rotatable bonds is 9. The fourth-order valence-electron chi connectivity index (χ4n) is 14.5. The Balaban J connectivity index is 0.795. The molecule has 0 aliphatic rings. The maximum Gasteiger partial charge on any atom is 0.160 e. The van der Waals surface area contributed by atoms with Crippen molar-refractivity contribution in [1.82, 2.24) is 13.7 Å². The molecule has 0 aliphatic heterocycles. The largest absolute Gasteiger partial charge is 0.309 e. The Bertz CT molecular complexity index is 5760. The minimum Gasteiger partial charge on any atom is -0.309 e. The highest BCUT2D eigenvalue weighted by atomic mass is 32.1. The minimum absolute atomic E-state index is 0.619. The van der Waals surface area contributed by atoms with E-state index in [1.807, 2.05) is 71.2 Å². The van der Waals surface area contributed by atoms with E-state index in [1.165, 1.54) is 106 Å². The van der Waals surface area contributed by atoms with E-state index >= 15 is 0 Å². The summed E-state index contributed by atoms with van der Waals surface area (Å²) >= 11 is 3.72. The number of aryl methyl sites for hydroxylation is 2. The van der Waals surface area contributed by atoms with Gasteiger partial charge < -0.3 is 13.7 Å². The third-order valence-electron chi connectivity index (χ3n) is 18.8. The van der Waals surface area contributed by atoms with E-state index in [-0.39, 0.29) is 0 Å². The van der Waals surface area contributed by atoms with Gasteiger partial charge in [0.05, 0.1) is 44.5 Å². The molecule has 0 atom stereocenters. The monoisotopic (exact) mass is 1210 g/mol. The molecular formula is C85H57N5S2. The van der Waals surface area contributed by atoms with Crippen molar-refractivity contribution in [2.75, 3.05) is 0 Å². The number of hydrogen-bond acceptors (Lipinski definition) is 3. The first-order valence-corrected chi connectivity index (χ1v) is 32.9. The Labute approximate surface area is 539 Å². The molecule has 0 fully saturated rings. The Morgan fingerprint density at radius 2 is 0.663 bits per heavy atom. The van der Waals surface area contributed by atoms with Crippen molar-refractivity contribution in [2.24, 2.45) is 9.98 Å². The van der Waals surface area contributed by atoms with Crippen LogP contribution in [0.15, 0.2) is 296 Å². The number of fused-ring (bicyclic) bond motifs is 15. The van der Waals surface area contributed by atoms with E-state index < -0.39 is 0 Å². The van der Waals surface area contributed by atoms with Crippen molar-refractivity contribution in [1.29, 1.82) is 0 Å². The van der Waals surface area contributed by atoms with E-state index in [4.69, 9.17) is 9.98 Å². The van der Waals surface area contributed by atoms with Gasteiger partial charge in [-0.05, 0) is 174 Å². The summed E-state index contributed by atoms with van der Waals surface area (Å²) in [5.41, 5.74) is 22.1. The zero-order valence-electron chi connectivity index (χ0n) is 50.8. The fraction of sp³-hybridized carbons (Fsp3) is 0.0353. The SMILES string of the molecule is C=C(/N=C(\N=C(/C)c1cc(C)c(-n2c3cc(-c4ccc5sc6ccc(-n7c8ccccc8c8ccccc87)cc6c5c4)ccc3c3ccc(-c4ccc5sc6ccc(-n7c8ccccc8c8ccccc87)cc6c5c4)cc32)c(C)c1)c1ccccc1)c1ccccc1. The summed E-state index contributed by atoms with van der Waals surface area (Å²) in [7, 11) is 0. The molecule has 7 heteroatoms. The lowest BCUT2D eigenvalue weighted by atomic mass is 9.99. The molecule has 0 spiro atoms. The van der Waals surface area contributed by atoms with Crippen LogP contribution in [0.25, 0.3) is 151 Å². The van der Waals surface area contributed by atoms with Gasteiger partial charge >= 0.3 is 0 Å². The number of thiophene rings is 2. The third-order valence-corrected chi connectivity index (χ3v) is 21.1. The summed E-state index contributed by atoms with van der Waals surface area (Å²) in [6.45, 7) is 11.0. The summed E-state index contributed by atoms with van der Waals surface area (Å²) in [5, 5.41) is 12.5. The molecule has 434 valence electrons. The van der Waals surface area contributed by atoms with Gasteiger partial charge in [0.15, 0.2) is 5.84 Å². The normalized spacial score (nSPS) is 12.5. The van der Waals surface area contributed by atoms with Crippen LogP contribution < -0.4 is 0 Å². The molecule has 0 bridgehead atoms. The van der Waals surface area contributed by atoms with E-state index in [9.17, 15) is 0 Å². The van der Waals surface area contributed by atoms with E-state index in [0.29, 0.717) is 11.5 Å². The highest BCUT2D eigenvalue weighted by Crippen LogP contribution is 2.45. The van der Waals surface area contributed by atoms with Gasteiger partial charge in [0.2, 0.25) is 0 Å². The van der Waals surface area contributed by atoms with Gasteiger partial charge in [0.25, 0.3) is 0 Å². The summed E-state index contributed by atoms with van der Waals surface area (Å²) in [6, 6.07) is 102. The van der Waals surface area contributed by atoms with Crippen LogP contribution in [0.5, 0.6) is 0 Å². The first-order valence-electron chi connectivity index (χ1n) is 31.3. The first-order chi connectivity index (χ1) is 45.2. The van der Waals surface area contributed by atoms with Crippen LogP contribution in [-0.4, -0.2) is 25.2 Å². The fourth-order valence-corrected chi connectivity index (χ4v) is 16.6. The average molecular weight is 1210 g/mol. The summed E-state index contributed by atoms with van der Waals surface area (Å²) in [5.74, 6) is 0.619. The molecule has 18 aromatic rings. The third kappa shape index (κ3) is 8.65. The molecule has 5 heterocycles. The Hall–Kier alpha value is -11.2. The van der Waals surface area contributed by atoms with Crippen molar-refractivity contribution in [2.45, 2.75) is 20.8 Å². The van der Waals surface area contributed by atoms with Gasteiger partial charge in [-0.1, -0.05) is 176 Å². The molecule has 92 heavy (non-hydrogen) atoms. The molecule has 0 saturated heterocycles. The topological polar surface area (TPSA) is 39.5 Å². The lowest BCUT2D eigenvalue weighted by Gasteiger charge is -2.17. The lowest BCUT2D eigenvalue weighted by molar-refractivity contribution is 1.12. The standard InChI is InChI=1S/C85H57N5S2/c1-51-43-61(54(4)87-85(56-21-9-6-10-22-56)86-53(3)55-19-7-5-8-20-55)44-52(2)84(51)90-78-47-59(57-33-39-80-70(45-57)72-49-62(35-41-82(72)91-80)88-74-27-15-11-23-64(74)65-24-12-16-28-75(65)88)31-37-68(78)69-38-32-60(48-79(69)90)58-34-40-81-71(46-58)73-50-63(36-42-83(73)92-81)89-76-29-17-13-25-66(76)67-26-14-18-30-77(67)89/h5-50H,3H2,1-2,4H3/b86-85-,87-54+. The predicted octanol–water partition coefficient (Wildman–Crippen LogP) is 23.6. The molecule has 0 radical (unpaired) electrons. The number of benzene rings is 13. The second-order valence-electron chi connectivity index (χ2n) is 24.3. The van der Waals surface area contributed by atoms with Gasteiger partial charge in [0.1, 0.15) is 0 Å². The van der Waals surface area contributed by atoms with Crippen molar-refractivity contribution in [3.63, 3.8) is 0 Å². The van der Waals surface area contributed by atoms with Crippen molar-refractivity contribution in [3.05, 3.63) is 313 Å². The van der Waals surface area contributed by atoms with Crippen LogP contribution in [0.2, 0.25) is 0 Å². The van der Waals surface area contributed by atoms with E-state index in [0.717, 1.165) is 72.8 Å². The summed E-state index contributed by atoms with van der Waals surface area (Å²) < 4.78 is 12.5. The number of nitrogens with zero attached hydrogens (tertiary/aromatic N) is 5. The zero-order valence-corrected chi connectivity index (χ0v) is 52.5. The Morgan fingerprint density at radius 3 is 1.11 bits per heavy atom. The van der Waals surface area contributed by atoms with Crippen LogP contribution in [-0.2, 0) is 0 Å². The first kappa shape index (κ1) is 53.8. The van der Waals surface area contributed by atoms with Crippen LogP contribution in [0.1, 0.15) is 34.7 Å². The molecule has 0 aliphatic carbocycles. The lowest BCUT2D eigenvalue weighted by Crippen LogP contribution is -2.07. The number of hydrogen-bond donors (Lipinski definition) is 0. The molecular weight excluding hydrogens is 1160 g/mol. The van der Waals surface area contributed by atoms with Gasteiger partial charge in [0, 0.05) is 95.3 Å². The van der Waals surface area contributed by atoms with Crippen molar-refractivity contribution >= 4 is 146 Å². The average Bonchev–Trinajstić information content (AvgIpc) is 1.60. The minimum atomic E-state index is 0.619. The highest BCUT2D eigenvalue weighted by molar-refractivity contribution is 7.26. The number of aliphatic imine (C=N–C) groups is 2. The van der Waals surface area contributed by atoms with Crippen LogP contribution in [0, 0.1) is 13.8 Å². The summed E-state index contributed by atoms with van der Waals surface area (Å²) in [4.78, 5) is 10.4. The van der Waals surface area contributed by atoms with E-state index in [1.54, 1.807) is 0 Å². The number of amidine groups is 1. The molecule has 0 amide bonds.